The first kappa shape index (κ1) is 25.4. The van der Waals surface area contributed by atoms with Crippen LogP contribution in [-0.2, 0) is 26.5 Å². The SMILES string of the molecule is CCOC(=O)c1cc(NC(=O)c2cc(S(=O)(=O)N3CCCCC3)cn2C)cc(C(=O)OCC)c1. The summed E-state index contributed by atoms with van der Waals surface area (Å²) in [6.07, 6.45) is 4.00. The Hall–Kier alpha value is -3.18. The molecule has 0 atom stereocenters. The monoisotopic (exact) mass is 491 g/mol. The molecule has 2 heterocycles. The van der Waals surface area contributed by atoms with Gasteiger partial charge < -0.3 is 19.4 Å². The maximum Gasteiger partial charge on any atom is 0.338 e. The summed E-state index contributed by atoms with van der Waals surface area (Å²) in [5.41, 5.74) is 0.418. The first-order chi connectivity index (χ1) is 16.2. The Morgan fingerprint density at radius 2 is 1.47 bits per heavy atom. The number of hydrogen-bond acceptors (Lipinski definition) is 7. The molecule has 1 aromatic heterocycles. The fourth-order valence-corrected chi connectivity index (χ4v) is 5.30. The highest BCUT2D eigenvalue weighted by Crippen LogP contribution is 2.23. The highest BCUT2D eigenvalue weighted by Gasteiger charge is 2.28. The number of nitrogens with one attached hydrogen (secondary N) is 1. The van der Waals surface area contributed by atoms with E-state index in [1.54, 1.807) is 20.9 Å². The van der Waals surface area contributed by atoms with E-state index in [1.807, 2.05) is 0 Å². The minimum absolute atomic E-state index is 0.0366. The summed E-state index contributed by atoms with van der Waals surface area (Å²) in [4.78, 5) is 37.5. The first-order valence-electron chi connectivity index (χ1n) is 11.1. The molecule has 0 bridgehead atoms. The molecule has 0 aliphatic carbocycles. The Balaban J connectivity index is 1.89. The van der Waals surface area contributed by atoms with Gasteiger partial charge in [0, 0.05) is 32.0 Å². The molecule has 1 amide bonds. The molecule has 1 aromatic carbocycles. The maximum absolute atomic E-state index is 13.0. The van der Waals surface area contributed by atoms with Crippen LogP contribution >= 0.6 is 0 Å². The summed E-state index contributed by atoms with van der Waals surface area (Å²) in [6, 6.07) is 5.41. The van der Waals surface area contributed by atoms with Crippen molar-refractivity contribution < 1.29 is 32.3 Å². The van der Waals surface area contributed by atoms with E-state index < -0.39 is 27.9 Å². The van der Waals surface area contributed by atoms with Crippen molar-refractivity contribution in [2.24, 2.45) is 7.05 Å². The lowest BCUT2D eigenvalue weighted by atomic mass is 10.1. The van der Waals surface area contributed by atoms with Crippen molar-refractivity contribution in [1.29, 1.82) is 0 Å². The average molecular weight is 492 g/mol. The number of ether oxygens (including phenoxy) is 2. The number of benzene rings is 1. The fourth-order valence-electron chi connectivity index (χ4n) is 3.71. The number of carbonyl (C=O) groups is 3. The van der Waals surface area contributed by atoms with E-state index in [0.29, 0.717) is 13.1 Å². The highest BCUT2D eigenvalue weighted by atomic mass is 32.2. The van der Waals surface area contributed by atoms with Crippen LogP contribution in [0.4, 0.5) is 5.69 Å². The van der Waals surface area contributed by atoms with Crippen molar-refractivity contribution in [2.75, 3.05) is 31.6 Å². The van der Waals surface area contributed by atoms with Gasteiger partial charge in [-0.2, -0.15) is 4.31 Å². The predicted molar refractivity (Wildman–Crippen MR) is 124 cm³/mol. The van der Waals surface area contributed by atoms with Crippen LogP contribution in [0.5, 0.6) is 0 Å². The number of sulfonamides is 1. The molecular formula is C23H29N3O7S. The summed E-state index contributed by atoms with van der Waals surface area (Å²) in [6.45, 7) is 4.50. The second-order valence-electron chi connectivity index (χ2n) is 7.83. The second-order valence-corrected chi connectivity index (χ2v) is 9.77. The molecule has 1 N–H and O–H groups in total. The minimum atomic E-state index is -3.71. The van der Waals surface area contributed by atoms with Gasteiger partial charge in [0.25, 0.3) is 5.91 Å². The summed E-state index contributed by atoms with van der Waals surface area (Å²) < 4.78 is 38.8. The van der Waals surface area contributed by atoms with Crippen LogP contribution in [0.15, 0.2) is 35.4 Å². The molecule has 2 aromatic rings. The van der Waals surface area contributed by atoms with Crippen molar-refractivity contribution in [1.82, 2.24) is 8.87 Å². The molecule has 0 saturated carbocycles. The number of anilines is 1. The number of amides is 1. The zero-order valence-electron chi connectivity index (χ0n) is 19.5. The Kier molecular flexibility index (Phi) is 8.11. The van der Waals surface area contributed by atoms with Gasteiger partial charge in [0.2, 0.25) is 10.0 Å². The molecule has 1 aliphatic rings. The molecular weight excluding hydrogens is 462 g/mol. The molecule has 0 unspecified atom stereocenters. The third-order valence-corrected chi connectivity index (χ3v) is 7.24. The van der Waals surface area contributed by atoms with Crippen molar-refractivity contribution in [3.8, 4) is 0 Å². The summed E-state index contributed by atoms with van der Waals surface area (Å²) >= 11 is 0. The summed E-state index contributed by atoms with van der Waals surface area (Å²) in [7, 11) is -2.14. The number of piperidine rings is 1. The van der Waals surface area contributed by atoms with Crippen LogP contribution in [0.25, 0.3) is 0 Å². The van der Waals surface area contributed by atoms with Gasteiger partial charge in [-0.1, -0.05) is 6.42 Å². The number of carbonyl (C=O) groups excluding carboxylic acids is 3. The largest absolute Gasteiger partial charge is 0.462 e. The standard InChI is InChI=1S/C23H29N3O7S/c1-4-32-22(28)16-11-17(23(29)33-5-2)13-18(12-16)24-21(27)20-14-19(15-25(20)3)34(30,31)26-9-7-6-8-10-26/h11-15H,4-10H2,1-3H3,(H,24,27). The van der Waals surface area contributed by atoms with Crippen LogP contribution in [0.1, 0.15) is 64.3 Å². The van der Waals surface area contributed by atoms with Gasteiger partial charge in [-0.25, -0.2) is 18.0 Å². The fraction of sp³-hybridized carbons (Fsp3) is 0.435. The molecule has 10 nitrogen and oxygen atoms in total. The van der Waals surface area contributed by atoms with Gasteiger partial charge in [-0.3, -0.25) is 4.79 Å². The van der Waals surface area contributed by atoms with E-state index in [9.17, 15) is 22.8 Å². The molecule has 1 aliphatic heterocycles. The molecule has 1 fully saturated rings. The molecule has 11 heteroatoms. The Morgan fingerprint density at radius 3 is 2.00 bits per heavy atom. The molecule has 184 valence electrons. The van der Waals surface area contributed by atoms with E-state index in [4.69, 9.17) is 9.47 Å². The van der Waals surface area contributed by atoms with E-state index in [0.717, 1.165) is 19.3 Å². The lowest BCUT2D eigenvalue weighted by Crippen LogP contribution is -2.35. The van der Waals surface area contributed by atoms with Gasteiger partial charge in [0.1, 0.15) is 10.6 Å². The molecule has 0 spiro atoms. The van der Waals surface area contributed by atoms with Gasteiger partial charge in [-0.15, -0.1) is 0 Å². The van der Waals surface area contributed by atoms with Crippen LogP contribution in [0, 0.1) is 0 Å². The van der Waals surface area contributed by atoms with E-state index in [2.05, 4.69) is 5.32 Å². The zero-order chi connectivity index (χ0) is 24.9. The molecule has 1 saturated heterocycles. The summed E-state index contributed by atoms with van der Waals surface area (Å²) in [5.74, 6) is -1.91. The van der Waals surface area contributed by atoms with Crippen molar-refractivity contribution in [3.05, 3.63) is 47.3 Å². The van der Waals surface area contributed by atoms with Crippen LogP contribution in [0.3, 0.4) is 0 Å². The lowest BCUT2D eigenvalue weighted by Gasteiger charge is -2.25. The minimum Gasteiger partial charge on any atom is -0.462 e. The van der Waals surface area contributed by atoms with Gasteiger partial charge in [-0.05, 0) is 51.0 Å². The molecule has 0 radical (unpaired) electrons. The number of nitrogens with zero attached hydrogens (tertiary/aromatic N) is 2. The summed E-state index contributed by atoms with van der Waals surface area (Å²) in [5, 5.41) is 2.63. The van der Waals surface area contributed by atoms with Crippen LogP contribution in [-0.4, -0.2) is 61.4 Å². The highest BCUT2D eigenvalue weighted by molar-refractivity contribution is 7.89. The quantitative estimate of drug-likeness (QED) is 0.563. The van der Waals surface area contributed by atoms with E-state index in [-0.39, 0.29) is 40.6 Å². The van der Waals surface area contributed by atoms with Crippen molar-refractivity contribution >= 4 is 33.6 Å². The van der Waals surface area contributed by atoms with Gasteiger partial charge in [0.05, 0.1) is 24.3 Å². The Bertz CT molecular complexity index is 1140. The average Bonchev–Trinajstić information content (AvgIpc) is 3.22. The third-order valence-electron chi connectivity index (χ3n) is 5.38. The number of aromatic nitrogens is 1. The normalized spacial score (nSPS) is 14.4. The first-order valence-corrected chi connectivity index (χ1v) is 12.6. The number of aryl methyl sites for hydroxylation is 1. The Labute approximate surface area is 198 Å². The molecule has 3 rings (SSSR count). The smallest absolute Gasteiger partial charge is 0.338 e. The van der Waals surface area contributed by atoms with Crippen molar-refractivity contribution in [3.63, 3.8) is 0 Å². The van der Waals surface area contributed by atoms with E-state index >= 15 is 0 Å². The van der Waals surface area contributed by atoms with E-state index in [1.165, 1.54) is 39.3 Å². The van der Waals surface area contributed by atoms with Crippen molar-refractivity contribution in [2.45, 2.75) is 38.0 Å². The van der Waals surface area contributed by atoms with Gasteiger partial charge in [0.15, 0.2) is 0 Å². The topological polar surface area (TPSA) is 124 Å². The maximum atomic E-state index is 13.0. The number of hydrogen-bond donors (Lipinski definition) is 1. The number of esters is 2. The number of rotatable bonds is 8. The van der Waals surface area contributed by atoms with Crippen LogP contribution < -0.4 is 5.32 Å². The Morgan fingerprint density at radius 1 is 0.912 bits per heavy atom. The van der Waals surface area contributed by atoms with Crippen LogP contribution in [0.2, 0.25) is 0 Å². The third kappa shape index (κ3) is 5.65. The second kappa shape index (κ2) is 10.8. The zero-order valence-corrected chi connectivity index (χ0v) is 20.3. The lowest BCUT2D eigenvalue weighted by molar-refractivity contribution is 0.0525. The predicted octanol–water partition coefficient (Wildman–Crippen LogP) is 2.81. The van der Waals surface area contributed by atoms with Gasteiger partial charge >= 0.3 is 11.9 Å². The molecule has 34 heavy (non-hydrogen) atoms.